The first-order valence-corrected chi connectivity index (χ1v) is 13.0. The topological polar surface area (TPSA) is 76.2 Å². The lowest BCUT2D eigenvalue weighted by atomic mass is 9.84. The molecule has 1 aromatic carbocycles. The van der Waals surface area contributed by atoms with Gasteiger partial charge in [-0.25, -0.2) is 4.39 Å². The normalized spacial score (nSPS) is 29.3. The van der Waals surface area contributed by atoms with Gasteiger partial charge in [0.05, 0.1) is 16.8 Å². The van der Waals surface area contributed by atoms with E-state index in [0.717, 1.165) is 68.3 Å². The van der Waals surface area contributed by atoms with Crippen LogP contribution in [0.25, 0.3) is 10.9 Å². The standard InChI is InChI=1S/C27H34FN5O2/c1-17(28)24-12-25(31-35-24)27-13-19(27)14-33(16-27)11-10-18-6-8-20(9-7-18)29-26(34)21-4-3-5-23-22(21)15-32(2)30-23/h3-5,12,15,17-20H,6-11,13-14,16H2,1-2H3,(H,29,34)/t17?,18-,19?,20-,27?. The average Bonchev–Trinajstić information content (AvgIpc) is 3.24. The van der Waals surface area contributed by atoms with Crippen molar-refractivity contribution >= 4 is 16.8 Å². The second kappa shape index (κ2) is 8.73. The number of hydrogen-bond donors (Lipinski definition) is 1. The summed E-state index contributed by atoms with van der Waals surface area (Å²) >= 11 is 0. The molecule has 3 atom stereocenters. The molecule has 7 nitrogen and oxygen atoms in total. The number of alkyl halides is 1. The van der Waals surface area contributed by atoms with Crippen LogP contribution in [0.5, 0.6) is 0 Å². The van der Waals surface area contributed by atoms with Crippen LogP contribution in [0, 0.1) is 11.8 Å². The fraction of sp³-hybridized carbons (Fsp3) is 0.593. The van der Waals surface area contributed by atoms with Crippen molar-refractivity contribution in [3.8, 4) is 0 Å². The molecule has 3 aliphatic rings. The summed E-state index contributed by atoms with van der Waals surface area (Å²) in [4.78, 5) is 15.5. The van der Waals surface area contributed by atoms with Gasteiger partial charge in [-0.15, -0.1) is 0 Å². The molecule has 2 aliphatic carbocycles. The minimum atomic E-state index is -1.11. The number of fused-ring (bicyclic) bond motifs is 2. The highest BCUT2D eigenvalue weighted by molar-refractivity contribution is 6.06. The number of aromatic nitrogens is 3. The molecule has 0 bridgehead atoms. The van der Waals surface area contributed by atoms with Gasteiger partial charge in [0.1, 0.15) is 0 Å². The summed E-state index contributed by atoms with van der Waals surface area (Å²) < 4.78 is 20.5. The molecule has 0 spiro atoms. The number of likely N-dealkylation sites (tertiary alicyclic amines) is 1. The molecule has 3 unspecified atom stereocenters. The van der Waals surface area contributed by atoms with Crippen molar-refractivity contribution in [1.29, 1.82) is 0 Å². The molecule has 2 aromatic heterocycles. The van der Waals surface area contributed by atoms with Crippen LogP contribution in [0.4, 0.5) is 4.39 Å². The van der Waals surface area contributed by atoms with E-state index in [0.29, 0.717) is 23.2 Å². The Morgan fingerprint density at radius 2 is 2.14 bits per heavy atom. The van der Waals surface area contributed by atoms with Crippen LogP contribution in [0.15, 0.2) is 35.0 Å². The third kappa shape index (κ3) is 4.26. The van der Waals surface area contributed by atoms with E-state index in [1.54, 1.807) is 4.68 Å². The van der Waals surface area contributed by atoms with Gasteiger partial charge >= 0.3 is 0 Å². The van der Waals surface area contributed by atoms with E-state index in [2.05, 4.69) is 20.5 Å². The summed E-state index contributed by atoms with van der Waals surface area (Å²) in [7, 11) is 1.88. The number of halogens is 1. The Bertz CT molecular complexity index is 1230. The molecule has 3 fully saturated rings. The molecule has 35 heavy (non-hydrogen) atoms. The molecular weight excluding hydrogens is 445 g/mol. The zero-order valence-corrected chi connectivity index (χ0v) is 20.5. The van der Waals surface area contributed by atoms with E-state index in [1.807, 2.05) is 37.5 Å². The minimum absolute atomic E-state index is 0.00630. The molecule has 1 amide bonds. The molecule has 0 radical (unpaired) electrons. The first kappa shape index (κ1) is 22.7. The van der Waals surface area contributed by atoms with Crippen LogP contribution < -0.4 is 5.32 Å². The highest BCUT2D eigenvalue weighted by atomic mass is 19.1. The number of hydrogen-bond acceptors (Lipinski definition) is 5. The van der Waals surface area contributed by atoms with Crippen LogP contribution in [-0.4, -0.2) is 51.4 Å². The Hall–Kier alpha value is -2.74. The van der Waals surface area contributed by atoms with E-state index >= 15 is 0 Å². The van der Waals surface area contributed by atoms with E-state index in [9.17, 15) is 9.18 Å². The molecule has 1 saturated heterocycles. The highest BCUT2D eigenvalue weighted by Gasteiger charge is 2.62. The zero-order chi connectivity index (χ0) is 24.2. The van der Waals surface area contributed by atoms with Crippen LogP contribution in [0.2, 0.25) is 0 Å². The molecule has 1 aliphatic heterocycles. The van der Waals surface area contributed by atoms with Crippen LogP contribution >= 0.6 is 0 Å². The third-order valence-electron chi connectivity index (χ3n) is 8.59. The van der Waals surface area contributed by atoms with Crippen molar-refractivity contribution in [3.63, 3.8) is 0 Å². The number of amides is 1. The van der Waals surface area contributed by atoms with Gasteiger partial charge in [0, 0.05) is 49.2 Å². The Morgan fingerprint density at radius 1 is 1.31 bits per heavy atom. The van der Waals surface area contributed by atoms with E-state index in [-0.39, 0.29) is 17.4 Å². The van der Waals surface area contributed by atoms with Crippen molar-refractivity contribution in [3.05, 3.63) is 47.5 Å². The molecule has 186 valence electrons. The second-order valence-electron chi connectivity index (χ2n) is 11.0. The van der Waals surface area contributed by atoms with E-state index < -0.39 is 6.17 Å². The summed E-state index contributed by atoms with van der Waals surface area (Å²) in [6, 6.07) is 7.80. The quantitative estimate of drug-likeness (QED) is 0.538. The lowest BCUT2D eigenvalue weighted by Gasteiger charge is -2.30. The summed E-state index contributed by atoms with van der Waals surface area (Å²) in [5, 5.41) is 12.8. The second-order valence-corrected chi connectivity index (χ2v) is 11.0. The number of rotatable bonds is 7. The lowest BCUT2D eigenvalue weighted by molar-refractivity contribution is 0.0921. The molecule has 2 saturated carbocycles. The van der Waals surface area contributed by atoms with Gasteiger partial charge in [-0.05, 0) is 76.0 Å². The lowest BCUT2D eigenvalue weighted by Crippen LogP contribution is -2.38. The summed E-state index contributed by atoms with van der Waals surface area (Å²) in [5.41, 5.74) is 2.60. The van der Waals surface area contributed by atoms with Crippen LogP contribution in [-0.2, 0) is 12.5 Å². The Balaban J connectivity index is 0.970. The molecule has 8 heteroatoms. The number of nitrogens with zero attached hydrogens (tertiary/aromatic N) is 4. The Morgan fingerprint density at radius 3 is 2.91 bits per heavy atom. The molecular formula is C27H34FN5O2. The first-order valence-electron chi connectivity index (χ1n) is 13.0. The van der Waals surface area contributed by atoms with Gasteiger partial charge < -0.3 is 14.7 Å². The maximum atomic E-state index is 13.6. The zero-order valence-electron chi connectivity index (χ0n) is 20.5. The maximum Gasteiger partial charge on any atom is 0.252 e. The van der Waals surface area contributed by atoms with E-state index in [4.69, 9.17) is 4.52 Å². The van der Waals surface area contributed by atoms with Crippen LogP contribution in [0.3, 0.4) is 0 Å². The summed E-state index contributed by atoms with van der Waals surface area (Å²) in [5.74, 6) is 1.70. The van der Waals surface area contributed by atoms with Crippen molar-refractivity contribution < 1.29 is 13.7 Å². The fourth-order valence-electron chi connectivity index (χ4n) is 6.45. The number of aryl methyl sites for hydroxylation is 1. The van der Waals surface area contributed by atoms with Gasteiger partial charge in [-0.2, -0.15) is 5.10 Å². The predicted octanol–water partition coefficient (Wildman–Crippen LogP) is 4.54. The summed E-state index contributed by atoms with van der Waals surface area (Å²) in [6.45, 7) is 4.72. The Labute approximate surface area is 205 Å². The smallest absolute Gasteiger partial charge is 0.252 e. The predicted molar refractivity (Wildman–Crippen MR) is 131 cm³/mol. The monoisotopic (exact) mass is 479 g/mol. The number of carbonyl (C=O) groups is 1. The Kier molecular flexibility index (Phi) is 5.66. The number of carbonyl (C=O) groups excluding carboxylic acids is 1. The molecule has 6 rings (SSSR count). The first-order chi connectivity index (χ1) is 16.9. The number of benzene rings is 1. The maximum absolute atomic E-state index is 13.6. The van der Waals surface area contributed by atoms with Crippen molar-refractivity contribution in [2.45, 2.75) is 63.1 Å². The largest absolute Gasteiger partial charge is 0.358 e. The average molecular weight is 480 g/mol. The van der Waals surface area contributed by atoms with Crippen molar-refractivity contribution in [1.82, 2.24) is 25.2 Å². The van der Waals surface area contributed by atoms with Gasteiger partial charge in [0.2, 0.25) is 0 Å². The van der Waals surface area contributed by atoms with Crippen LogP contribution in [0.1, 0.15) is 73.4 Å². The van der Waals surface area contributed by atoms with Gasteiger partial charge in [0.25, 0.3) is 5.91 Å². The van der Waals surface area contributed by atoms with Gasteiger partial charge in [-0.1, -0.05) is 11.2 Å². The number of piperidine rings is 1. The third-order valence-corrected chi connectivity index (χ3v) is 8.59. The molecule has 1 N–H and O–H groups in total. The van der Waals surface area contributed by atoms with Gasteiger partial charge in [0.15, 0.2) is 11.9 Å². The fourth-order valence-corrected chi connectivity index (χ4v) is 6.45. The van der Waals surface area contributed by atoms with E-state index in [1.165, 1.54) is 13.3 Å². The summed E-state index contributed by atoms with van der Waals surface area (Å²) in [6.07, 6.45) is 7.54. The SMILES string of the molecule is CC(F)c1cc(C23CC2CN(CC[C@H]2CC[C@H](NC(=O)c4cccc5nn(C)cc45)CC2)C3)no1. The van der Waals surface area contributed by atoms with Crippen molar-refractivity contribution in [2.75, 3.05) is 19.6 Å². The van der Waals surface area contributed by atoms with Gasteiger partial charge in [-0.3, -0.25) is 9.48 Å². The minimum Gasteiger partial charge on any atom is -0.358 e. The molecule has 3 aromatic rings. The highest BCUT2D eigenvalue weighted by Crippen LogP contribution is 2.58. The number of nitrogens with one attached hydrogen (secondary N) is 1. The van der Waals surface area contributed by atoms with Crippen molar-refractivity contribution in [2.24, 2.45) is 18.9 Å². The molecule has 3 heterocycles.